The van der Waals surface area contributed by atoms with E-state index in [1.54, 1.807) is 11.8 Å². The van der Waals surface area contributed by atoms with Crippen LogP contribution < -0.4 is 0 Å². The van der Waals surface area contributed by atoms with Crippen LogP contribution >= 0.6 is 11.8 Å². The van der Waals surface area contributed by atoms with Gasteiger partial charge in [0.2, 0.25) is 0 Å². The molecule has 0 amide bonds. The first-order chi connectivity index (χ1) is 7.02. The predicted molar refractivity (Wildman–Crippen MR) is 60.0 cm³/mol. The summed E-state index contributed by atoms with van der Waals surface area (Å²) < 4.78 is 0. The number of benzene rings is 1. The molecule has 0 saturated carbocycles. The summed E-state index contributed by atoms with van der Waals surface area (Å²) in [4.78, 5) is 11.7. The Morgan fingerprint density at radius 2 is 2.00 bits per heavy atom. The van der Waals surface area contributed by atoms with E-state index < -0.39 is 11.6 Å². The van der Waals surface area contributed by atoms with Crippen LogP contribution in [-0.2, 0) is 4.79 Å². The summed E-state index contributed by atoms with van der Waals surface area (Å²) in [6, 6.07) is 9.70. The van der Waals surface area contributed by atoms with Crippen LogP contribution in [0.25, 0.3) is 0 Å². The van der Waals surface area contributed by atoms with Crippen LogP contribution in [0.15, 0.2) is 35.2 Å². The van der Waals surface area contributed by atoms with E-state index in [0.29, 0.717) is 5.75 Å². The molecule has 3 nitrogen and oxygen atoms in total. The second-order valence-electron chi connectivity index (χ2n) is 3.49. The lowest BCUT2D eigenvalue weighted by Gasteiger charge is -2.16. The number of hydrogen-bond acceptors (Lipinski definition) is 3. The molecule has 0 aromatic heterocycles. The van der Waals surface area contributed by atoms with Crippen molar-refractivity contribution in [3.63, 3.8) is 0 Å². The van der Waals surface area contributed by atoms with E-state index in [4.69, 9.17) is 5.11 Å². The molecule has 15 heavy (non-hydrogen) atoms. The van der Waals surface area contributed by atoms with Crippen molar-refractivity contribution in [1.82, 2.24) is 0 Å². The van der Waals surface area contributed by atoms with Crippen molar-refractivity contribution in [3.05, 3.63) is 30.3 Å². The molecular formula is C11H14O3S. The fraction of sp³-hybridized carbons (Fsp3) is 0.364. The van der Waals surface area contributed by atoms with Crippen molar-refractivity contribution in [2.24, 2.45) is 0 Å². The zero-order valence-electron chi connectivity index (χ0n) is 8.51. The van der Waals surface area contributed by atoms with Gasteiger partial charge in [-0.05, 0) is 25.5 Å². The van der Waals surface area contributed by atoms with E-state index in [-0.39, 0.29) is 6.42 Å². The SMILES string of the molecule is C[C@](O)(CCSc1ccccc1)C(=O)O. The summed E-state index contributed by atoms with van der Waals surface area (Å²) in [6.45, 7) is 1.32. The van der Waals surface area contributed by atoms with Gasteiger partial charge in [0.15, 0.2) is 5.60 Å². The highest BCUT2D eigenvalue weighted by Crippen LogP contribution is 2.21. The molecule has 4 heteroatoms. The van der Waals surface area contributed by atoms with Gasteiger partial charge in [-0.25, -0.2) is 4.79 Å². The number of aliphatic hydroxyl groups is 1. The van der Waals surface area contributed by atoms with E-state index in [0.717, 1.165) is 4.90 Å². The third-order valence-corrected chi connectivity index (χ3v) is 3.08. The Hall–Kier alpha value is -1.00. The fourth-order valence-electron chi connectivity index (χ4n) is 0.991. The summed E-state index contributed by atoms with van der Waals surface area (Å²) in [7, 11) is 0. The van der Waals surface area contributed by atoms with E-state index in [1.165, 1.54) is 6.92 Å². The lowest BCUT2D eigenvalue weighted by atomic mass is 10.1. The summed E-state index contributed by atoms with van der Waals surface area (Å²) in [5.74, 6) is -0.584. The number of carboxylic acid groups (broad SMARTS) is 1. The molecule has 0 saturated heterocycles. The third kappa shape index (κ3) is 3.93. The number of aliphatic carboxylic acids is 1. The minimum absolute atomic E-state index is 0.238. The van der Waals surface area contributed by atoms with Crippen LogP contribution in [0.2, 0.25) is 0 Å². The Kier molecular flexibility index (Phi) is 4.17. The zero-order chi connectivity index (χ0) is 11.3. The van der Waals surface area contributed by atoms with Crippen molar-refractivity contribution >= 4 is 17.7 Å². The molecule has 82 valence electrons. The highest BCUT2D eigenvalue weighted by Gasteiger charge is 2.28. The lowest BCUT2D eigenvalue weighted by molar-refractivity contribution is -0.156. The van der Waals surface area contributed by atoms with Gasteiger partial charge < -0.3 is 10.2 Å². The molecule has 1 aromatic rings. The zero-order valence-corrected chi connectivity index (χ0v) is 9.33. The van der Waals surface area contributed by atoms with Gasteiger partial charge in [-0.2, -0.15) is 0 Å². The molecule has 0 aliphatic rings. The van der Waals surface area contributed by atoms with E-state index >= 15 is 0 Å². The maximum Gasteiger partial charge on any atom is 0.335 e. The number of carboxylic acids is 1. The largest absolute Gasteiger partial charge is 0.479 e. The summed E-state index contributed by atoms with van der Waals surface area (Å²) >= 11 is 1.54. The van der Waals surface area contributed by atoms with E-state index in [9.17, 15) is 9.90 Å². The predicted octanol–water partition coefficient (Wildman–Crippen LogP) is 2.00. The van der Waals surface area contributed by atoms with Gasteiger partial charge >= 0.3 is 5.97 Å². The van der Waals surface area contributed by atoms with Gasteiger partial charge in [0.1, 0.15) is 0 Å². The molecule has 0 bridgehead atoms. The summed E-state index contributed by atoms with van der Waals surface area (Å²) in [6.07, 6.45) is 0.238. The van der Waals surface area contributed by atoms with Crippen molar-refractivity contribution in [2.75, 3.05) is 5.75 Å². The van der Waals surface area contributed by atoms with Crippen LogP contribution in [0, 0.1) is 0 Å². The molecule has 2 N–H and O–H groups in total. The Morgan fingerprint density at radius 1 is 1.40 bits per heavy atom. The number of thioether (sulfide) groups is 1. The molecule has 1 rings (SSSR count). The molecule has 0 radical (unpaired) electrons. The minimum Gasteiger partial charge on any atom is -0.479 e. The average Bonchev–Trinajstić information content (AvgIpc) is 2.19. The van der Waals surface area contributed by atoms with Gasteiger partial charge in [-0.1, -0.05) is 18.2 Å². The Morgan fingerprint density at radius 3 is 2.53 bits per heavy atom. The van der Waals surface area contributed by atoms with Gasteiger partial charge in [-0.15, -0.1) is 11.8 Å². The molecular weight excluding hydrogens is 212 g/mol. The minimum atomic E-state index is -1.62. The smallest absolute Gasteiger partial charge is 0.335 e. The molecule has 1 aromatic carbocycles. The molecule has 0 heterocycles. The number of rotatable bonds is 5. The lowest BCUT2D eigenvalue weighted by Crippen LogP contribution is -2.35. The molecule has 0 fully saturated rings. The van der Waals surface area contributed by atoms with Crippen LogP contribution in [0.5, 0.6) is 0 Å². The highest BCUT2D eigenvalue weighted by atomic mass is 32.2. The van der Waals surface area contributed by atoms with Crippen LogP contribution in [-0.4, -0.2) is 27.5 Å². The van der Waals surface area contributed by atoms with Gasteiger partial charge in [0.05, 0.1) is 0 Å². The highest BCUT2D eigenvalue weighted by molar-refractivity contribution is 7.99. The molecule has 1 atom stereocenters. The van der Waals surface area contributed by atoms with E-state index in [1.807, 2.05) is 30.3 Å². The summed E-state index contributed by atoms with van der Waals surface area (Å²) in [5, 5.41) is 18.1. The average molecular weight is 226 g/mol. The van der Waals surface area contributed by atoms with Gasteiger partial charge in [0.25, 0.3) is 0 Å². The van der Waals surface area contributed by atoms with Gasteiger partial charge in [-0.3, -0.25) is 0 Å². The van der Waals surface area contributed by atoms with Crippen molar-refractivity contribution in [2.45, 2.75) is 23.8 Å². The number of hydrogen-bond donors (Lipinski definition) is 2. The normalized spacial score (nSPS) is 14.5. The van der Waals surface area contributed by atoms with E-state index in [2.05, 4.69) is 0 Å². The molecule has 0 spiro atoms. The van der Waals surface area contributed by atoms with Crippen LogP contribution in [0.1, 0.15) is 13.3 Å². The van der Waals surface area contributed by atoms with Crippen molar-refractivity contribution in [1.29, 1.82) is 0 Å². The van der Waals surface area contributed by atoms with Crippen molar-refractivity contribution < 1.29 is 15.0 Å². The Balaban J connectivity index is 2.37. The number of carbonyl (C=O) groups is 1. The monoisotopic (exact) mass is 226 g/mol. The van der Waals surface area contributed by atoms with Gasteiger partial charge in [0, 0.05) is 10.6 Å². The maximum atomic E-state index is 10.6. The van der Waals surface area contributed by atoms with Crippen molar-refractivity contribution in [3.8, 4) is 0 Å². The summed E-state index contributed by atoms with van der Waals surface area (Å²) in [5.41, 5.74) is -1.62. The molecule has 0 aliphatic heterocycles. The first-order valence-corrected chi connectivity index (χ1v) is 5.64. The molecule has 0 unspecified atom stereocenters. The van der Waals surface area contributed by atoms with Crippen LogP contribution in [0.4, 0.5) is 0 Å². The second-order valence-corrected chi connectivity index (χ2v) is 4.66. The second kappa shape index (κ2) is 5.19. The standard InChI is InChI=1S/C11H14O3S/c1-11(14,10(12)13)7-8-15-9-5-3-2-4-6-9/h2-6,14H,7-8H2,1H3,(H,12,13)/t11-/m0/s1. The Bertz CT molecular complexity index is 322. The van der Waals surface area contributed by atoms with Crippen LogP contribution in [0.3, 0.4) is 0 Å². The topological polar surface area (TPSA) is 57.5 Å². The third-order valence-electron chi connectivity index (χ3n) is 2.06. The molecule has 0 aliphatic carbocycles. The Labute approximate surface area is 93.1 Å². The quantitative estimate of drug-likeness (QED) is 0.754. The first kappa shape index (κ1) is 12.1. The maximum absolute atomic E-state index is 10.6. The fourth-order valence-corrected chi connectivity index (χ4v) is 2.08. The first-order valence-electron chi connectivity index (χ1n) is 4.66.